The van der Waals surface area contributed by atoms with Gasteiger partial charge in [0, 0.05) is 10.6 Å². The van der Waals surface area contributed by atoms with Gasteiger partial charge in [-0.2, -0.15) is 0 Å². The second-order valence-electron chi connectivity index (χ2n) is 5.02. The maximum Gasteiger partial charge on any atom is 0.363 e. The van der Waals surface area contributed by atoms with Crippen molar-refractivity contribution in [1.29, 1.82) is 0 Å². The lowest BCUT2D eigenvalue weighted by Crippen LogP contribution is -2.05. The van der Waals surface area contributed by atoms with E-state index < -0.39 is 5.97 Å². The van der Waals surface area contributed by atoms with E-state index in [9.17, 15) is 4.79 Å². The highest BCUT2D eigenvalue weighted by Crippen LogP contribution is 2.22. The Hall–Kier alpha value is -2.85. The van der Waals surface area contributed by atoms with Crippen LogP contribution in [0.15, 0.2) is 71.9 Å². The van der Waals surface area contributed by atoms with E-state index in [2.05, 4.69) is 11.6 Å². The number of halogens is 1. The van der Waals surface area contributed by atoms with E-state index in [1.54, 1.807) is 36.4 Å². The van der Waals surface area contributed by atoms with Crippen LogP contribution in [0.5, 0.6) is 5.75 Å². The first kappa shape index (κ1) is 16.0. The molecule has 0 spiro atoms. The third-order valence-electron chi connectivity index (χ3n) is 3.24. The Morgan fingerprint density at radius 1 is 1.21 bits per heavy atom. The number of aliphatic imine (C=N–C) groups is 1. The number of esters is 1. The normalized spacial score (nSPS) is 15.1. The number of ether oxygens (including phenoxy) is 2. The zero-order chi connectivity index (χ0) is 16.9. The molecule has 1 heterocycles. The van der Waals surface area contributed by atoms with Crippen LogP contribution in [0.2, 0.25) is 5.02 Å². The molecule has 0 saturated heterocycles. The van der Waals surface area contributed by atoms with Gasteiger partial charge in [0.15, 0.2) is 5.70 Å². The van der Waals surface area contributed by atoms with E-state index in [-0.39, 0.29) is 11.6 Å². The Bertz CT molecular complexity index is 838. The summed E-state index contributed by atoms with van der Waals surface area (Å²) in [6.45, 7) is 4.03. The topological polar surface area (TPSA) is 47.9 Å². The van der Waals surface area contributed by atoms with E-state index >= 15 is 0 Å². The minimum absolute atomic E-state index is 0.237. The van der Waals surface area contributed by atoms with E-state index in [1.165, 1.54) is 0 Å². The first-order valence-electron chi connectivity index (χ1n) is 7.28. The number of hydrogen-bond acceptors (Lipinski definition) is 4. The lowest BCUT2D eigenvalue weighted by molar-refractivity contribution is -0.129. The number of carbonyl (C=O) groups is 1. The number of carbonyl (C=O) groups excluding carboxylic acids is 1. The molecule has 0 saturated carbocycles. The maximum atomic E-state index is 12.0. The van der Waals surface area contributed by atoms with Crippen LogP contribution in [0.4, 0.5) is 0 Å². The van der Waals surface area contributed by atoms with Crippen molar-refractivity contribution in [3.05, 3.63) is 83.0 Å². The van der Waals surface area contributed by atoms with Crippen molar-refractivity contribution in [3.63, 3.8) is 0 Å². The molecule has 0 aromatic heterocycles. The van der Waals surface area contributed by atoms with E-state index in [0.717, 1.165) is 5.56 Å². The Balaban J connectivity index is 1.85. The number of hydrogen-bond donors (Lipinski definition) is 0. The molecule has 5 heteroatoms. The van der Waals surface area contributed by atoms with Crippen LogP contribution < -0.4 is 4.74 Å². The number of nitrogens with zero attached hydrogens (tertiary/aromatic N) is 1. The van der Waals surface area contributed by atoms with Crippen LogP contribution in [0.3, 0.4) is 0 Å². The lowest BCUT2D eigenvalue weighted by Gasteiger charge is -2.03. The predicted octanol–water partition coefficient (Wildman–Crippen LogP) is 4.25. The average molecular weight is 340 g/mol. The summed E-state index contributed by atoms with van der Waals surface area (Å²) in [6.07, 6.45) is 3.33. The Morgan fingerprint density at radius 2 is 2.00 bits per heavy atom. The highest BCUT2D eigenvalue weighted by Gasteiger charge is 2.24. The van der Waals surface area contributed by atoms with Crippen molar-refractivity contribution >= 4 is 29.5 Å². The van der Waals surface area contributed by atoms with Gasteiger partial charge in [-0.3, -0.25) is 0 Å². The van der Waals surface area contributed by atoms with E-state index in [1.807, 2.05) is 24.3 Å². The first-order chi connectivity index (χ1) is 11.7. The standard InChI is InChI=1S/C19H14ClNO3/c1-2-10-23-16-5-3-4-13(11-16)12-17-19(22)24-18(21-17)14-6-8-15(20)9-7-14/h2-9,11-12H,1,10H2/b17-12+. The zero-order valence-corrected chi connectivity index (χ0v) is 13.5. The van der Waals surface area contributed by atoms with Crippen molar-refractivity contribution in [2.24, 2.45) is 4.99 Å². The van der Waals surface area contributed by atoms with Gasteiger partial charge in [-0.25, -0.2) is 9.79 Å². The summed E-state index contributed by atoms with van der Waals surface area (Å²) in [7, 11) is 0. The van der Waals surface area contributed by atoms with Crippen molar-refractivity contribution < 1.29 is 14.3 Å². The van der Waals surface area contributed by atoms with Crippen LogP contribution in [0.1, 0.15) is 11.1 Å². The molecule has 0 amide bonds. The Labute approximate surface area is 144 Å². The predicted molar refractivity (Wildman–Crippen MR) is 94.2 cm³/mol. The molecule has 0 N–H and O–H groups in total. The number of cyclic esters (lactones) is 1. The van der Waals surface area contributed by atoms with Gasteiger partial charge in [-0.15, -0.1) is 0 Å². The van der Waals surface area contributed by atoms with Crippen molar-refractivity contribution in [3.8, 4) is 5.75 Å². The molecule has 3 rings (SSSR count). The van der Waals surface area contributed by atoms with Gasteiger partial charge in [-0.05, 0) is 48.0 Å². The fourth-order valence-corrected chi connectivity index (χ4v) is 2.26. The third-order valence-corrected chi connectivity index (χ3v) is 3.49. The lowest BCUT2D eigenvalue weighted by atomic mass is 10.2. The van der Waals surface area contributed by atoms with Crippen LogP contribution in [-0.4, -0.2) is 18.5 Å². The van der Waals surface area contributed by atoms with Crippen molar-refractivity contribution in [1.82, 2.24) is 0 Å². The van der Waals surface area contributed by atoms with Gasteiger partial charge < -0.3 is 9.47 Å². The number of benzene rings is 2. The minimum atomic E-state index is -0.489. The molecule has 0 radical (unpaired) electrons. The van der Waals surface area contributed by atoms with Crippen LogP contribution in [-0.2, 0) is 9.53 Å². The van der Waals surface area contributed by atoms with Crippen molar-refractivity contribution in [2.75, 3.05) is 6.61 Å². The van der Waals surface area contributed by atoms with Gasteiger partial charge in [0.1, 0.15) is 12.4 Å². The molecule has 0 atom stereocenters. The maximum absolute atomic E-state index is 12.0. The Morgan fingerprint density at radius 3 is 2.75 bits per heavy atom. The van der Waals surface area contributed by atoms with Gasteiger partial charge in [0.2, 0.25) is 5.90 Å². The SMILES string of the molecule is C=CCOc1cccc(/C=C2/N=C(c3ccc(Cl)cc3)OC2=O)c1. The molecule has 120 valence electrons. The largest absolute Gasteiger partial charge is 0.490 e. The van der Waals surface area contributed by atoms with Crippen LogP contribution >= 0.6 is 11.6 Å². The summed E-state index contributed by atoms with van der Waals surface area (Å²) in [5.41, 5.74) is 1.73. The molecule has 0 bridgehead atoms. The van der Waals surface area contributed by atoms with Gasteiger partial charge >= 0.3 is 5.97 Å². The summed E-state index contributed by atoms with van der Waals surface area (Å²) in [5.74, 6) is 0.469. The highest BCUT2D eigenvalue weighted by molar-refractivity contribution is 6.30. The smallest absolute Gasteiger partial charge is 0.363 e. The van der Waals surface area contributed by atoms with E-state index in [4.69, 9.17) is 21.1 Å². The molecule has 24 heavy (non-hydrogen) atoms. The van der Waals surface area contributed by atoms with E-state index in [0.29, 0.717) is 22.9 Å². The van der Waals surface area contributed by atoms with Crippen LogP contribution in [0.25, 0.3) is 6.08 Å². The molecule has 0 unspecified atom stereocenters. The molecule has 4 nitrogen and oxygen atoms in total. The molecular formula is C19H14ClNO3. The fourth-order valence-electron chi connectivity index (χ4n) is 2.13. The molecular weight excluding hydrogens is 326 g/mol. The summed E-state index contributed by atoms with van der Waals surface area (Å²) < 4.78 is 10.7. The molecule has 1 aliphatic heterocycles. The molecule has 2 aromatic carbocycles. The van der Waals surface area contributed by atoms with Gasteiger partial charge in [0.25, 0.3) is 0 Å². The second-order valence-corrected chi connectivity index (χ2v) is 5.45. The molecule has 1 aliphatic rings. The van der Waals surface area contributed by atoms with Crippen molar-refractivity contribution in [2.45, 2.75) is 0 Å². The summed E-state index contributed by atoms with van der Waals surface area (Å²) in [4.78, 5) is 16.3. The average Bonchev–Trinajstić information content (AvgIpc) is 2.95. The highest BCUT2D eigenvalue weighted by atomic mass is 35.5. The quantitative estimate of drug-likeness (QED) is 0.465. The molecule has 0 fully saturated rings. The molecule has 2 aromatic rings. The Kier molecular flexibility index (Phi) is 4.77. The second kappa shape index (κ2) is 7.15. The van der Waals surface area contributed by atoms with Gasteiger partial charge in [0.05, 0.1) is 0 Å². The summed E-state index contributed by atoms with van der Waals surface area (Å²) in [5, 5.41) is 0.607. The monoisotopic (exact) mass is 339 g/mol. The van der Waals surface area contributed by atoms with Gasteiger partial charge in [-0.1, -0.05) is 36.4 Å². The summed E-state index contributed by atoms with van der Waals surface area (Å²) >= 11 is 5.86. The number of rotatable bonds is 5. The minimum Gasteiger partial charge on any atom is -0.490 e. The van der Waals surface area contributed by atoms with Crippen LogP contribution in [0, 0.1) is 0 Å². The fraction of sp³-hybridized carbons (Fsp3) is 0.0526. The third kappa shape index (κ3) is 3.73. The summed E-state index contributed by atoms with van der Waals surface area (Å²) in [6, 6.07) is 14.3. The zero-order valence-electron chi connectivity index (χ0n) is 12.7. The first-order valence-corrected chi connectivity index (χ1v) is 7.66. The molecule has 0 aliphatic carbocycles.